The van der Waals surface area contributed by atoms with E-state index in [0.717, 1.165) is 6.42 Å². The van der Waals surface area contributed by atoms with Gasteiger partial charge in [-0.3, -0.25) is 0 Å². The number of carbonyl (C=O) groups is 2. The molecule has 0 bridgehead atoms. The van der Waals surface area contributed by atoms with Gasteiger partial charge in [0.25, 0.3) is 0 Å². The van der Waals surface area contributed by atoms with Crippen LogP contribution in [0.25, 0.3) is 0 Å². The number of hydrogen-bond acceptors (Lipinski definition) is 5. The minimum absolute atomic E-state index is 0.00970. The van der Waals surface area contributed by atoms with Crippen LogP contribution in [0.4, 0.5) is 4.79 Å². The van der Waals surface area contributed by atoms with Crippen LogP contribution in [0.5, 0.6) is 11.5 Å². The molecule has 7 nitrogen and oxygen atoms in total. The summed E-state index contributed by atoms with van der Waals surface area (Å²) in [4.78, 5) is 25.1. The van der Waals surface area contributed by atoms with Gasteiger partial charge in [0.2, 0.25) is 0 Å². The third-order valence-corrected chi connectivity index (χ3v) is 4.31. The molecular weight excluding hydrogens is 360 g/mol. The highest BCUT2D eigenvalue weighted by Gasteiger charge is 2.34. The van der Waals surface area contributed by atoms with Crippen molar-refractivity contribution in [3.05, 3.63) is 47.2 Å². The Labute approximate surface area is 165 Å². The molecule has 1 heterocycles. The highest BCUT2D eigenvalue weighted by Crippen LogP contribution is 2.37. The van der Waals surface area contributed by atoms with Gasteiger partial charge in [0, 0.05) is 11.3 Å². The number of hydrogen-bond donors (Lipinski definition) is 3. The van der Waals surface area contributed by atoms with Crippen molar-refractivity contribution >= 4 is 12.0 Å². The van der Waals surface area contributed by atoms with Crippen LogP contribution < -0.4 is 15.4 Å². The number of allylic oxidation sites excluding steroid dienone is 2. The van der Waals surface area contributed by atoms with E-state index >= 15 is 0 Å². The van der Waals surface area contributed by atoms with E-state index in [0.29, 0.717) is 35.2 Å². The summed E-state index contributed by atoms with van der Waals surface area (Å²) in [5.41, 5.74) is 2.10. The van der Waals surface area contributed by atoms with E-state index in [1.807, 2.05) is 6.92 Å². The second kappa shape index (κ2) is 9.30. The maximum Gasteiger partial charge on any atom is 0.338 e. The van der Waals surface area contributed by atoms with Crippen molar-refractivity contribution < 1.29 is 24.2 Å². The topological polar surface area (TPSA) is 96.9 Å². The van der Waals surface area contributed by atoms with Crippen LogP contribution in [0.2, 0.25) is 0 Å². The lowest BCUT2D eigenvalue weighted by Crippen LogP contribution is -2.46. The summed E-state index contributed by atoms with van der Waals surface area (Å²) in [6.07, 6.45) is 3.05. The van der Waals surface area contributed by atoms with Crippen molar-refractivity contribution in [2.45, 2.75) is 52.2 Å². The number of ether oxygens (including phenoxy) is 2. The van der Waals surface area contributed by atoms with E-state index in [-0.39, 0.29) is 17.6 Å². The Kier molecular flexibility index (Phi) is 7.09. The van der Waals surface area contributed by atoms with Crippen LogP contribution >= 0.6 is 0 Å². The molecule has 1 aromatic rings. The predicted molar refractivity (Wildman–Crippen MR) is 106 cm³/mol. The van der Waals surface area contributed by atoms with E-state index in [1.165, 1.54) is 7.11 Å². The monoisotopic (exact) mass is 388 g/mol. The van der Waals surface area contributed by atoms with Crippen molar-refractivity contribution in [3.63, 3.8) is 0 Å². The average Bonchev–Trinajstić information content (AvgIpc) is 2.62. The minimum Gasteiger partial charge on any atom is -0.504 e. The third kappa shape index (κ3) is 4.65. The molecule has 2 rings (SSSR count). The molecule has 1 aromatic carbocycles. The molecule has 7 heteroatoms. The van der Waals surface area contributed by atoms with E-state index in [9.17, 15) is 14.7 Å². The van der Waals surface area contributed by atoms with Crippen molar-refractivity contribution in [2.24, 2.45) is 0 Å². The number of rotatable bonds is 8. The van der Waals surface area contributed by atoms with Crippen LogP contribution in [-0.4, -0.2) is 30.3 Å². The first-order valence-electron chi connectivity index (χ1n) is 9.34. The number of methoxy groups -OCH3 is 1. The van der Waals surface area contributed by atoms with Crippen LogP contribution in [0.1, 0.15) is 50.8 Å². The SMILES string of the molecule is C=CCc1cc(C2NC(=O)NC(CCC)=C2C(=O)OC(C)C)cc(OC)c1O. The second-order valence-corrected chi connectivity index (χ2v) is 6.85. The quantitative estimate of drug-likeness (QED) is 0.468. The fourth-order valence-electron chi connectivity index (χ4n) is 3.16. The van der Waals surface area contributed by atoms with Gasteiger partial charge in [0.1, 0.15) is 0 Å². The molecule has 1 atom stereocenters. The second-order valence-electron chi connectivity index (χ2n) is 6.85. The molecule has 1 aliphatic rings. The van der Waals surface area contributed by atoms with Crippen LogP contribution in [0.15, 0.2) is 36.1 Å². The first kappa shape index (κ1) is 21.3. The van der Waals surface area contributed by atoms with Crippen molar-refractivity contribution in [2.75, 3.05) is 7.11 Å². The number of aromatic hydroxyl groups is 1. The Hall–Kier alpha value is -2.96. The number of urea groups is 1. The van der Waals surface area contributed by atoms with Crippen molar-refractivity contribution in [3.8, 4) is 11.5 Å². The Morgan fingerprint density at radius 2 is 2.11 bits per heavy atom. The highest BCUT2D eigenvalue weighted by molar-refractivity contribution is 5.95. The molecule has 28 heavy (non-hydrogen) atoms. The van der Waals surface area contributed by atoms with Gasteiger partial charge in [-0.05, 0) is 44.4 Å². The number of phenolic OH excluding ortho intramolecular Hbond substituents is 1. The first-order valence-corrected chi connectivity index (χ1v) is 9.34. The molecule has 0 fully saturated rings. The Bertz CT molecular complexity index is 798. The van der Waals surface area contributed by atoms with E-state index in [1.54, 1.807) is 32.1 Å². The lowest BCUT2D eigenvalue weighted by Gasteiger charge is -2.30. The number of carbonyl (C=O) groups excluding carboxylic acids is 2. The third-order valence-electron chi connectivity index (χ3n) is 4.31. The molecule has 0 spiro atoms. The molecule has 0 aromatic heterocycles. The zero-order valence-corrected chi connectivity index (χ0v) is 16.8. The number of nitrogens with one attached hydrogen (secondary N) is 2. The maximum atomic E-state index is 12.8. The molecule has 0 saturated carbocycles. The maximum absolute atomic E-state index is 12.8. The molecule has 0 saturated heterocycles. The summed E-state index contributed by atoms with van der Waals surface area (Å²) in [6.45, 7) is 9.21. The summed E-state index contributed by atoms with van der Waals surface area (Å²) in [5, 5.41) is 15.9. The van der Waals surface area contributed by atoms with Crippen molar-refractivity contribution in [1.29, 1.82) is 0 Å². The predicted octanol–water partition coefficient (Wildman–Crippen LogP) is 3.49. The fraction of sp³-hybridized carbons (Fsp3) is 0.429. The molecule has 1 unspecified atom stereocenters. The van der Waals surface area contributed by atoms with E-state index < -0.39 is 18.0 Å². The molecule has 0 radical (unpaired) electrons. The Morgan fingerprint density at radius 1 is 1.39 bits per heavy atom. The largest absolute Gasteiger partial charge is 0.504 e. The fourth-order valence-corrected chi connectivity index (χ4v) is 3.16. The van der Waals surface area contributed by atoms with Gasteiger partial charge in [-0.1, -0.05) is 19.4 Å². The Balaban J connectivity index is 2.63. The lowest BCUT2D eigenvalue weighted by atomic mass is 9.91. The number of esters is 1. The highest BCUT2D eigenvalue weighted by atomic mass is 16.5. The molecule has 1 aliphatic heterocycles. The Morgan fingerprint density at radius 3 is 2.68 bits per heavy atom. The van der Waals surface area contributed by atoms with Gasteiger partial charge in [-0.15, -0.1) is 6.58 Å². The molecule has 3 N–H and O–H groups in total. The van der Waals surface area contributed by atoms with Gasteiger partial charge in [0.05, 0.1) is 24.8 Å². The molecule has 2 amide bonds. The van der Waals surface area contributed by atoms with Gasteiger partial charge in [-0.2, -0.15) is 0 Å². The van der Waals surface area contributed by atoms with Crippen LogP contribution in [-0.2, 0) is 16.0 Å². The summed E-state index contributed by atoms with van der Waals surface area (Å²) < 4.78 is 10.7. The van der Waals surface area contributed by atoms with Crippen LogP contribution in [0.3, 0.4) is 0 Å². The number of amides is 2. The molecule has 152 valence electrons. The van der Waals surface area contributed by atoms with Gasteiger partial charge >= 0.3 is 12.0 Å². The van der Waals surface area contributed by atoms with Gasteiger partial charge in [0.15, 0.2) is 11.5 Å². The molecular formula is C21H28N2O5. The summed E-state index contributed by atoms with van der Waals surface area (Å²) in [6, 6.07) is 2.23. The summed E-state index contributed by atoms with van der Waals surface area (Å²) in [7, 11) is 1.45. The normalized spacial score (nSPS) is 16.5. The standard InChI is InChI=1S/C21H28N2O5/c1-6-8-13-10-14(11-16(27-5)19(13)24)18-17(20(25)28-12(3)4)15(9-7-2)22-21(26)23-18/h6,10-12,18,24H,1,7-9H2,2-5H3,(H2,22,23,26). The number of phenols is 1. The van der Waals surface area contributed by atoms with Gasteiger partial charge < -0.3 is 25.2 Å². The first-order chi connectivity index (χ1) is 13.3. The van der Waals surface area contributed by atoms with Gasteiger partial charge in [-0.25, -0.2) is 9.59 Å². The van der Waals surface area contributed by atoms with E-state index in [4.69, 9.17) is 9.47 Å². The average molecular weight is 388 g/mol. The summed E-state index contributed by atoms with van der Waals surface area (Å²) in [5.74, 6) is -0.223. The number of benzene rings is 1. The van der Waals surface area contributed by atoms with E-state index in [2.05, 4.69) is 17.2 Å². The smallest absolute Gasteiger partial charge is 0.338 e. The summed E-state index contributed by atoms with van der Waals surface area (Å²) >= 11 is 0. The zero-order valence-electron chi connectivity index (χ0n) is 16.8. The zero-order chi connectivity index (χ0) is 20.8. The van der Waals surface area contributed by atoms with Crippen LogP contribution in [0, 0.1) is 0 Å². The lowest BCUT2D eigenvalue weighted by molar-refractivity contribution is -0.143. The molecule has 0 aliphatic carbocycles. The minimum atomic E-state index is -0.723. The van der Waals surface area contributed by atoms with Crippen molar-refractivity contribution in [1.82, 2.24) is 10.6 Å².